The molecular weight excluding hydrogens is 424 g/mol. The van der Waals surface area contributed by atoms with Crippen molar-refractivity contribution in [3.8, 4) is 5.75 Å². The van der Waals surface area contributed by atoms with Crippen LogP contribution < -0.4 is 4.74 Å². The standard InChI is InChI=1S/C29H30N2O3/c1-4-18-34-25-16-14-24(15-17-25)26-27(30(3)19-22-8-6-5-7-9-22)29(33)31(28(26)32)20-23-12-10-21(2)11-13-23/h5-17H,4,18-20H2,1-3H3. The Bertz CT molecular complexity index is 1180. The van der Waals surface area contributed by atoms with Gasteiger partial charge in [0.1, 0.15) is 11.4 Å². The average Bonchev–Trinajstić information content (AvgIpc) is 3.10. The predicted octanol–water partition coefficient (Wildman–Crippen LogP) is 5.20. The van der Waals surface area contributed by atoms with Crippen molar-refractivity contribution in [1.82, 2.24) is 9.80 Å². The molecule has 0 fully saturated rings. The number of hydrogen-bond donors (Lipinski definition) is 0. The third-order valence-electron chi connectivity index (χ3n) is 5.86. The van der Waals surface area contributed by atoms with Crippen LogP contribution in [0, 0.1) is 6.92 Å². The van der Waals surface area contributed by atoms with Crippen molar-refractivity contribution in [2.45, 2.75) is 33.4 Å². The molecule has 2 amide bonds. The number of benzene rings is 3. The monoisotopic (exact) mass is 454 g/mol. The first kappa shape index (κ1) is 23.3. The lowest BCUT2D eigenvalue weighted by atomic mass is 10.0. The number of hydrogen-bond acceptors (Lipinski definition) is 4. The molecule has 4 rings (SSSR count). The van der Waals surface area contributed by atoms with Crippen LogP contribution >= 0.6 is 0 Å². The fourth-order valence-corrected chi connectivity index (χ4v) is 4.07. The van der Waals surface area contributed by atoms with Gasteiger partial charge in [0.25, 0.3) is 11.8 Å². The predicted molar refractivity (Wildman–Crippen MR) is 134 cm³/mol. The second-order valence-electron chi connectivity index (χ2n) is 8.62. The zero-order chi connectivity index (χ0) is 24.1. The van der Waals surface area contributed by atoms with Crippen molar-refractivity contribution in [2.24, 2.45) is 0 Å². The van der Waals surface area contributed by atoms with E-state index in [2.05, 4.69) is 6.92 Å². The van der Waals surface area contributed by atoms with Gasteiger partial charge in [0.15, 0.2) is 0 Å². The first-order valence-electron chi connectivity index (χ1n) is 11.6. The Balaban J connectivity index is 1.68. The molecule has 0 radical (unpaired) electrons. The van der Waals surface area contributed by atoms with E-state index >= 15 is 0 Å². The Hall–Kier alpha value is -3.86. The van der Waals surface area contributed by atoms with Gasteiger partial charge < -0.3 is 9.64 Å². The van der Waals surface area contributed by atoms with Crippen molar-refractivity contribution < 1.29 is 14.3 Å². The number of aryl methyl sites for hydroxylation is 1. The highest BCUT2D eigenvalue weighted by Gasteiger charge is 2.40. The van der Waals surface area contributed by atoms with Crippen molar-refractivity contribution in [3.63, 3.8) is 0 Å². The molecule has 3 aromatic carbocycles. The number of carbonyl (C=O) groups excluding carboxylic acids is 2. The van der Waals surface area contributed by atoms with E-state index in [0.717, 1.165) is 28.9 Å². The van der Waals surface area contributed by atoms with Crippen LogP contribution in [0.15, 0.2) is 84.6 Å². The van der Waals surface area contributed by atoms with Gasteiger partial charge in [-0.05, 0) is 42.2 Å². The number of amides is 2. The summed E-state index contributed by atoms with van der Waals surface area (Å²) in [4.78, 5) is 30.4. The summed E-state index contributed by atoms with van der Waals surface area (Å²) in [5.41, 5.74) is 4.68. The van der Waals surface area contributed by atoms with Gasteiger partial charge in [-0.25, -0.2) is 0 Å². The van der Waals surface area contributed by atoms with Crippen LogP contribution in [-0.4, -0.2) is 35.3 Å². The molecule has 0 aromatic heterocycles. The molecule has 0 unspecified atom stereocenters. The van der Waals surface area contributed by atoms with Crippen molar-refractivity contribution in [1.29, 1.82) is 0 Å². The Morgan fingerprint density at radius 2 is 1.50 bits per heavy atom. The number of imide groups is 1. The summed E-state index contributed by atoms with van der Waals surface area (Å²) >= 11 is 0. The number of nitrogens with zero attached hydrogens (tertiary/aromatic N) is 2. The maximum Gasteiger partial charge on any atom is 0.278 e. The van der Waals surface area contributed by atoms with E-state index in [-0.39, 0.29) is 18.4 Å². The fraction of sp³-hybridized carbons (Fsp3) is 0.241. The van der Waals surface area contributed by atoms with Gasteiger partial charge in [0, 0.05) is 13.6 Å². The highest BCUT2D eigenvalue weighted by molar-refractivity contribution is 6.35. The topological polar surface area (TPSA) is 49.9 Å². The van der Waals surface area contributed by atoms with E-state index in [4.69, 9.17) is 4.74 Å². The summed E-state index contributed by atoms with van der Waals surface area (Å²) in [7, 11) is 1.86. The second kappa shape index (κ2) is 10.4. The lowest BCUT2D eigenvalue weighted by Crippen LogP contribution is -2.33. The minimum Gasteiger partial charge on any atom is -0.494 e. The Labute approximate surface area is 201 Å². The molecule has 0 aliphatic carbocycles. The van der Waals surface area contributed by atoms with Gasteiger partial charge in [-0.1, -0.05) is 79.2 Å². The summed E-state index contributed by atoms with van der Waals surface area (Å²) in [6.45, 7) is 5.46. The third-order valence-corrected chi connectivity index (χ3v) is 5.86. The smallest absolute Gasteiger partial charge is 0.278 e. The van der Waals surface area contributed by atoms with Gasteiger partial charge in [-0.3, -0.25) is 14.5 Å². The molecule has 174 valence electrons. The normalized spacial score (nSPS) is 13.6. The van der Waals surface area contributed by atoms with E-state index in [9.17, 15) is 9.59 Å². The van der Waals surface area contributed by atoms with E-state index in [1.165, 1.54) is 4.90 Å². The van der Waals surface area contributed by atoms with Crippen LogP contribution in [0.4, 0.5) is 0 Å². The molecule has 1 aliphatic heterocycles. The van der Waals surface area contributed by atoms with Crippen LogP contribution in [-0.2, 0) is 22.7 Å². The van der Waals surface area contributed by atoms with Gasteiger partial charge in [0.05, 0.1) is 18.7 Å². The third kappa shape index (κ3) is 5.04. The highest BCUT2D eigenvalue weighted by atomic mass is 16.5. The molecule has 34 heavy (non-hydrogen) atoms. The maximum absolute atomic E-state index is 13.6. The van der Waals surface area contributed by atoms with Gasteiger partial charge >= 0.3 is 0 Å². The zero-order valence-electron chi connectivity index (χ0n) is 20.0. The number of rotatable bonds is 9. The van der Waals surface area contributed by atoms with Crippen LogP contribution in [0.5, 0.6) is 5.75 Å². The van der Waals surface area contributed by atoms with Crippen LogP contribution in [0.25, 0.3) is 5.57 Å². The summed E-state index contributed by atoms with van der Waals surface area (Å²) in [6.07, 6.45) is 0.919. The Morgan fingerprint density at radius 1 is 0.824 bits per heavy atom. The van der Waals surface area contributed by atoms with Gasteiger partial charge in [-0.2, -0.15) is 0 Å². The lowest BCUT2D eigenvalue weighted by molar-refractivity contribution is -0.138. The average molecular weight is 455 g/mol. The summed E-state index contributed by atoms with van der Waals surface area (Å²) in [6, 6.07) is 25.3. The molecule has 0 spiro atoms. The van der Waals surface area contributed by atoms with Crippen LogP contribution in [0.1, 0.15) is 35.6 Å². The molecule has 1 heterocycles. The molecular formula is C29H30N2O3. The van der Waals surface area contributed by atoms with E-state index in [1.807, 2.05) is 97.7 Å². The zero-order valence-corrected chi connectivity index (χ0v) is 20.0. The summed E-state index contributed by atoms with van der Waals surface area (Å²) in [5.74, 6) is 0.201. The number of likely N-dealkylation sites (N-methyl/N-ethyl adjacent to an activating group) is 1. The molecule has 0 atom stereocenters. The second-order valence-corrected chi connectivity index (χ2v) is 8.62. The quantitative estimate of drug-likeness (QED) is 0.417. The Morgan fingerprint density at radius 3 is 2.15 bits per heavy atom. The van der Waals surface area contributed by atoms with Crippen molar-refractivity contribution in [2.75, 3.05) is 13.7 Å². The maximum atomic E-state index is 13.6. The minimum atomic E-state index is -0.275. The molecule has 5 nitrogen and oxygen atoms in total. The lowest BCUT2D eigenvalue weighted by Gasteiger charge is -2.21. The number of carbonyl (C=O) groups is 2. The van der Waals surface area contributed by atoms with Crippen LogP contribution in [0.2, 0.25) is 0 Å². The van der Waals surface area contributed by atoms with E-state index in [0.29, 0.717) is 30.0 Å². The molecule has 0 N–H and O–H groups in total. The highest BCUT2D eigenvalue weighted by Crippen LogP contribution is 2.33. The molecule has 3 aromatic rings. The molecule has 1 aliphatic rings. The fourth-order valence-electron chi connectivity index (χ4n) is 4.07. The van der Waals surface area contributed by atoms with E-state index < -0.39 is 0 Å². The van der Waals surface area contributed by atoms with E-state index in [1.54, 1.807) is 0 Å². The first-order chi connectivity index (χ1) is 16.5. The summed E-state index contributed by atoms with van der Waals surface area (Å²) in [5, 5.41) is 0. The molecule has 0 saturated carbocycles. The largest absolute Gasteiger partial charge is 0.494 e. The molecule has 0 bridgehead atoms. The van der Waals surface area contributed by atoms with Gasteiger partial charge in [0.2, 0.25) is 0 Å². The van der Waals surface area contributed by atoms with Crippen molar-refractivity contribution >= 4 is 17.4 Å². The molecule has 5 heteroatoms. The van der Waals surface area contributed by atoms with Gasteiger partial charge in [-0.15, -0.1) is 0 Å². The van der Waals surface area contributed by atoms with Crippen molar-refractivity contribution in [3.05, 3.63) is 107 Å². The SMILES string of the molecule is CCCOc1ccc(C2=C(N(C)Cc3ccccc3)C(=O)N(Cc3ccc(C)cc3)C2=O)cc1. The van der Waals surface area contributed by atoms with Crippen LogP contribution in [0.3, 0.4) is 0 Å². The molecule has 0 saturated heterocycles. The minimum absolute atomic E-state index is 0.238. The first-order valence-corrected chi connectivity index (χ1v) is 11.6. The summed E-state index contributed by atoms with van der Waals surface area (Å²) < 4.78 is 5.70. The number of ether oxygens (including phenoxy) is 1. The Kier molecular flexibility index (Phi) is 7.12.